The Labute approximate surface area is 112 Å². The summed E-state index contributed by atoms with van der Waals surface area (Å²) in [5.41, 5.74) is 0.718. The van der Waals surface area contributed by atoms with Crippen LogP contribution in [-0.2, 0) is 12.8 Å². The Morgan fingerprint density at radius 3 is 2.63 bits per heavy atom. The molecular weight excluding hydrogens is 268 g/mol. The summed E-state index contributed by atoms with van der Waals surface area (Å²) in [6.45, 7) is 0. The predicted octanol–water partition coefficient (Wildman–Crippen LogP) is 3.53. The summed E-state index contributed by atoms with van der Waals surface area (Å²) in [5.74, 6) is -1.57. The highest BCUT2D eigenvalue weighted by Gasteiger charge is 2.18. The monoisotopic (exact) mass is 277 g/mol. The summed E-state index contributed by atoms with van der Waals surface area (Å²) < 4.78 is 27.4. The minimum atomic E-state index is -0.785. The molecule has 1 N–H and O–H groups in total. The molecule has 1 aromatic heterocycles. The molecule has 0 amide bonds. The first kappa shape index (κ1) is 12.1. The van der Waals surface area contributed by atoms with Crippen molar-refractivity contribution in [3.8, 4) is 6.07 Å². The van der Waals surface area contributed by atoms with Crippen LogP contribution in [0.3, 0.4) is 0 Å². The Balaban J connectivity index is 1.93. The zero-order chi connectivity index (χ0) is 13.4. The second-order valence-electron chi connectivity index (χ2n) is 4.29. The van der Waals surface area contributed by atoms with Gasteiger partial charge < -0.3 is 5.32 Å². The first-order valence-electron chi connectivity index (χ1n) is 5.82. The van der Waals surface area contributed by atoms with Gasteiger partial charge in [0.15, 0.2) is 16.8 Å². The minimum Gasteiger partial charge on any atom is -0.327 e. The van der Waals surface area contributed by atoms with Crippen LogP contribution in [0, 0.1) is 23.0 Å². The summed E-state index contributed by atoms with van der Waals surface area (Å²) in [7, 11) is 0. The maximum atomic E-state index is 13.7. The summed E-state index contributed by atoms with van der Waals surface area (Å²) >= 11 is 1.42. The van der Waals surface area contributed by atoms with Crippen molar-refractivity contribution in [3.05, 3.63) is 39.9 Å². The molecule has 96 valence electrons. The highest BCUT2D eigenvalue weighted by Crippen LogP contribution is 2.33. The van der Waals surface area contributed by atoms with E-state index in [0.717, 1.165) is 37.1 Å². The van der Waals surface area contributed by atoms with Gasteiger partial charge in [-0.1, -0.05) is 0 Å². The van der Waals surface area contributed by atoms with Gasteiger partial charge >= 0.3 is 0 Å². The molecule has 0 radical (unpaired) electrons. The Morgan fingerprint density at radius 1 is 1.26 bits per heavy atom. The number of anilines is 2. The number of aryl methyl sites for hydroxylation is 2. The molecule has 0 unspecified atom stereocenters. The quantitative estimate of drug-likeness (QED) is 0.913. The summed E-state index contributed by atoms with van der Waals surface area (Å²) in [4.78, 5) is 5.50. The Hall–Kier alpha value is -2.00. The van der Waals surface area contributed by atoms with Crippen molar-refractivity contribution in [1.82, 2.24) is 4.98 Å². The molecule has 19 heavy (non-hydrogen) atoms. The van der Waals surface area contributed by atoms with Gasteiger partial charge in [0.2, 0.25) is 0 Å². The lowest BCUT2D eigenvalue weighted by Gasteiger charge is -2.06. The van der Waals surface area contributed by atoms with Gasteiger partial charge in [0.05, 0.1) is 17.3 Å². The van der Waals surface area contributed by atoms with Crippen LogP contribution in [0.25, 0.3) is 0 Å². The minimum absolute atomic E-state index is 0.0396. The van der Waals surface area contributed by atoms with Gasteiger partial charge in [-0.05, 0) is 31.4 Å². The van der Waals surface area contributed by atoms with Crippen LogP contribution in [0.4, 0.5) is 19.6 Å². The largest absolute Gasteiger partial charge is 0.327 e. The summed E-state index contributed by atoms with van der Waals surface area (Å²) in [6.07, 6.45) is 2.99. The number of hydrogen-bond donors (Lipinski definition) is 1. The van der Waals surface area contributed by atoms with E-state index in [2.05, 4.69) is 10.3 Å². The molecule has 0 spiro atoms. The molecule has 3 rings (SSSR count). The number of aromatic nitrogens is 1. The average Bonchev–Trinajstić information content (AvgIpc) is 2.94. The van der Waals surface area contributed by atoms with Crippen molar-refractivity contribution in [3.63, 3.8) is 0 Å². The van der Waals surface area contributed by atoms with Crippen molar-refractivity contribution >= 4 is 22.2 Å². The molecule has 0 saturated heterocycles. The van der Waals surface area contributed by atoms with Gasteiger partial charge in [-0.25, -0.2) is 13.8 Å². The Bertz CT molecular complexity index is 643. The third-order valence-electron chi connectivity index (χ3n) is 3.00. The van der Waals surface area contributed by atoms with E-state index < -0.39 is 11.6 Å². The molecule has 1 aromatic carbocycles. The van der Waals surface area contributed by atoms with Crippen molar-refractivity contribution < 1.29 is 8.78 Å². The average molecular weight is 277 g/mol. The standard InChI is InChI=1S/C13H9F2N3S/c14-8-4-7(6-16)5-9(15)12(8)18-13-17-10-2-1-3-11(10)19-13/h4-5H,1-3H2,(H,17,18). The summed E-state index contributed by atoms with van der Waals surface area (Å²) in [6, 6.07) is 3.72. The topological polar surface area (TPSA) is 48.7 Å². The highest BCUT2D eigenvalue weighted by molar-refractivity contribution is 7.15. The predicted molar refractivity (Wildman–Crippen MR) is 68.5 cm³/mol. The van der Waals surface area contributed by atoms with Gasteiger partial charge in [-0.3, -0.25) is 0 Å². The molecule has 0 aliphatic heterocycles. The Morgan fingerprint density at radius 2 is 2.00 bits per heavy atom. The molecule has 1 aliphatic carbocycles. The molecule has 6 heteroatoms. The number of hydrogen-bond acceptors (Lipinski definition) is 4. The van der Waals surface area contributed by atoms with Crippen LogP contribution >= 0.6 is 11.3 Å². The Kier molecular flexibility index (Phi) is 2.91. The second kappa shape index (κ2) is 4.59. The number of benzene rings is 1. The normalized spacial score (nSPS) is 13.1. The van der Waals surface area contributed by atoms with E-state index in [1.165, 1.54) is 16.2 Å². The third-order valence-corrected chi connectivity index (χ3v) is 4.07. The maximum absolute atomic E-state index is 13.7. The zero-order valence-electron chi connectivity index (χ0n) is 9.83. The fourth-order valence-corrected chi connectivity index (χ4v) is 3.16. The van der Waals surface area contributed by atoms with E-state index in [1.54, 1.807) is 6.07 Å². The van der Waals surface area contributed by atoms with Crippen molar-refractivity contribution in [2.75, 3.05) is 5.32 Å². The molecule has 2 aromatic rings. The van der Waals surface area contributed by atoms with E-state index in [4.69, 9.17) is 5.26 Å². The maximum Gasteiger partial charge on any atom is 0.187 e. The van der Waals surface area contributed by atoms with Gasteiger partial charge in [-0.15, -0.1) is 11.3 Å². The van der Waals surface area contributed by atoms with Crippen LogP contribution < -0.4 is 5.32 Å². The number of halogens is 2. The van der Waals surface area contributed by atoms with Gasteiger partial charge in [0.25, 0.3) is 0 Å². The number of thiazole rings is 1. The third kappa shape index (κ3) is 2.17. The van der Waals surface area contributed by atoms with E-state index in [1.807, 2.05) is 0 Å². The number of nitriles is 1. The van der Waals surface area contributed by atoms with E-state index in [0.29, 0.717) is 5.13 Å². The second-order valence-corrected chi connectivity index (χ2v) is 5.38. The molecule has 0 atom stereocenters. The van der Waals surface area contributed by atoms with E-state index in [-0.39, 0.29) is 11.3 Å². The molecular formula is C13H9F2N3S. The van der Waals surface area contributed by atoms with Crippen LogP contribution in [-0.4, -0.2) is 4.98 Å². The molecule has 0 saturated carbocycles. The van der Waals surface area contributed by atoms with Crippen LogP contribution in [0.15, 0.2) is 12.1 Å². The molecule has 1 heterocycles. The number of nitrogens with zero attached hydrogens (tertiary/aromatic N) is 2. The van der Waals surface area contributed by atoms with Crippen molar-refractivity contribution in [2.24, 2.45) is 0 Å². The lowest BCUT2D eigenvalue weighted by atomic mass is 10.2. The molecule has 1 aliphatic rings. The van der Waals surface area contributed by atoms with Crippen LogP contribution in [0.2, 0.25) is 0 Å². The number of rotatable bonds is 2. The van der Waals surface area contributed by atoms with Crippen molar-refractivity contribution in [2.45, 2.75) is 19.3 Å². The van der Waals surface area contributed by atoms with E-state index in [9.17, 15) is 8.78 Å². The summed E-state index contributed by atoms with van der Waals surface area (Å²) in [5, 5.41) is 11.8. The van der Waals surface area contributed by atoms with Gasteiger partial charge in [0.1, 0.15) is 5.69 Å². The lowest BCUT2D eigenvalue weighted by Crippen LogP contribution is -1.98. The molecule has 3 nitrogen and oxygen atoms in total. The fourth-order valence-electron chi connectivity index (χ4n) is 2.11. The molecule has 0 bridgehead atoms. The fraction of sp³-hybridized carbons (Fsp3) is 0.231. The SMILES string of the molecule is N#Cc1cc(F)c(Nc2nc3c(s2)CCC3)c(F)c1. The van der Waals surface area contributed by atoms with Crippen LogP contribution in [0.1, 0.15) is 22.6 Å². The first-order chi connectivity index (χ1) is 9.17. The zero-order valence-corrected chi connectivity index (χ0v) is 10.7. The number of fused-ring (bicyclic) bond motifs is 1. The molecule has 0 fully saturated rings. The smallest absolute Gasteiger partial charge is 0.187 e. The number of nitrogens with one attached hydrogen (secondary N) is 1. The van der Waals surface area contributed by atoms with Gasteiger partial charge in [-0.2, -0.15) is 5.26 Å². The van der Waals surface area contributed by atoms with Gasteiger partial charge in [0, 0.05) is 4.88 Å². The van der Waals surface area contributed by atoms with Crippen molar-refractivity contribution in [1.29, 1.82) is 5.26 Å². The lowest BCUT2D eigenvalue weighted by molar-refractivity contribution is 0.590. The highest BCUT2D eigenvalue weighted by atomic mass is 32.1. The van der Waals surface area contributed by atoms with Crippen LogP contribution in [0.5, 0.6) is 0 Å². The van der Waals surface area contributed by atoms with E-state index >= 15 is 0 Å². The first-order valence-corrected chi connectivity index (χ1v) is 6.64.